The highest BCUT2D eigenvalue weighted by molar-refractivity contribution is 5.78. The first-order chi connectivity index (χ1) is 14.6. The predicted molar refractivity (Wildman–Crippen MR) is 105 cm³/mol. The molecule has 0 spiro atoms. The number of nitrogens with one attached hydrogen (secondary N) is 1. The van der Waals surface area contributed by atoms with Crippen molar-refractivity contribution in [2.24, 2.45) is 5.92 Å². The fraction of sp³-hybridized carbons (Fsp3) is 0.524. The van der Waals surface area contributed by atoms with Crippen LogP contribution in [0, 0.1) is 11.7 Å². The number of halogens is 5. The summed E-state index contributed by atoms with van der Waals surface area (Å²) >= 11 is 0. The number of nitrogens with zero attached hydrogens (tertiary/aromatic N) is 2. The SMILES string of the molecule is CC1CC(F)(F)C1(F)F.O=CNc1nn(CCO)c(-c2ccc(F)cc2)c1C1CCC1. The van der Waals surface area contributed by atoms with E-state index in [0.29, 0.717) is 24.7 Å². The molecule has 4 rings (SSSR count). The van der Waals surface area contributed by atoms with Gasteiger partial charge in [-0.15, -0.1) is 0 Å². The number of carbonyl (C=O) groups excluding carboxylic acids is 1. The molecule has 10 heteroatoms. The van der Waals surface area contributed by atoms with Gasteiger partial charge in [0.2, 0.25) is 6.41 Å². The monoisotopic (exact) mass is 445 g/mol. The molecule has 2 aliphatic rings. The molecule has 1 unspecified atom stereocenters. The van der Waals surface area contributed by atoms with Gasteiger partial charge in [0.15, 0.2) is 5.82 Å². The highest BCUT2D eigenvalue weighted by atomic mass is 19.3. The van der Waals surface area contributed by atoms with E-state index in [-0.39, 0.29) is 12.4 Å². The van der Waals surface area contributed by atoms with Crippen molar-refractivity contribution in [3.8, 4) is 11.3 Å². The summed E-state index contributed by atoms with van der Waals surface area (Å²) in [5.74, 6) is -8.08. The molecule has 2 aromatic rings. The van der Waals surface area contributed by atoms with E-state index in [4.69, 9.17) is 0 Å². The lowest BCUT2D eigenvalue weighted by Crippen LogP contribution is -2.57. The maximum Gasteiger partial charge on any atom is 0.312 e. The summed E-state index contributed by atoms with van der Waals surface area (Å²) in [4.78, 5) is 10.9. The number of benzene rings is 1. The van der Waals surface area contributed by atoms with Crippen molar-refractivity contribution >= 4 is 12.2 Å². The van der Waals surface area contributed by atoms with Gasteiger partial charge in [-0.25, -0.2) is 4.39 Å². The zero-order valence-electron chi connectivity index (χ0n) is 16.9. The second-order valence-corrected chi connectivity index (χ2v) is 7.89. The van der Waals surface area contributed by atoms with Gasteiger partial charge in [-0.2, -0.15) is 22.7 Å². The van der Waals surface area contributed by atoms with Crippen molar-refractivity contribution in [1.82, 2.24) is 9.78 Å². The minimum Gasteiger partial charge on any atom is -0.394 e. The van der Waals surface area contributed by atoms with Gasteiger partial charge in [0.25, 0.3) is 0 Å². The molecule has 2 fully saturated rings. The third-order valence-corrected chi connectivity index (χ3v) is 5.80. The van der Waals surface area contributed by atoms with Gasteiger partial charge in [0.1, 0.15) is 5.82 Å². The van der Waals surface area contributed by atoms with Crippen molar-refractivity contribution in [1.29, 1.82) is 0 Å². The lowest BCUT2D eigenvalue weighted by atomic mass is 9.78. The number of rotatable bonds is 6. The van der Waals surface area contributed by atoms with Crippen molar-refractivity contribution < 1.29 is 31.9 Å². The van der Waals surface area contributed by atoms with Gasteiger partial charge in [0.05, 0.1) is 18.8 Å². The molecule has 2 saturated carbocycles. The number of alkyl halides is 4. The summed E-state index contributed by atoms with van der Waals surface area (Å²) in [7, 11) is 0. The average molecular weight is 445 g/mol. The Morgan fingerprint density at radius 2 is 1.87 bits per heavy atom. The average Bonchev–Trinajstić information content (AvgIpc) is 3.00. The van der Waals surface area contributed by atoms with Crippen LogP contribution in [0.2, 0.25) is 0 Å². The standard InChI is InChI=1S/C16H18FN3O2.C5H6F4/c17-13-6-4-12(5-7-13)15-14(11-2-1-3-11)16(18-10-22)19-20(15)8-9-21;1-3-2-4(6,7)5(3,8)9/h4-7,10-11,21H,1-3,8-9H2,(H,18,19,22);3H,2H2,1H3. The van der Waals surface area contributed by atoms with E-state index in [1.165, 1.54) is 12.1 Å². The van der Waals surface area contributed by atoms with Crippen LogP contribution in [0.5, 0.6) is 0 Å². The van der Waals surface area contributed by atoms with Crippen LogP contribution in [0.1, 0.15) is 44.1 Å². The molecule has 5 nitrogen and oxygen atoms in total. The van der Waals surface area contributed by atoms with Crippen LogP contribution in [0.4, 0.5) is 27.8 Å². The van der Waals surface area contributed by atoms with Crippen molar-refractivity contribution in [2.75, 3.05) is 11.9 Å². The molecule has 0 aliphatic heterocycles. The minimum atomic E-state index is -3.76. The molecular formula is C21H24F5N3O2. The Bertz CT molecular complexity index is 910. The van der Waals surface area contributed by atoms with Crippen LogP contribution in [-0.4, -0.2) is 39.7 Å². The van der Waals surface area contributed by atoms with Crippen LogP contribution in [0.15, 0.2) is 24.3 Å². The summed E-state index contributed by atoms with van der Waals surface area (Å²) in [5, 5.41) is 16.3. The van der Waals surface area contributed by atoms with Gasteiger partial charge < -0.3 is 10.4 Å². The zero-order valence-corrected chi connectivity index (χ0v) is 16.9. The molecule has 31 heavy (non-hydrogen) atoms. The van der Waals surface area contributed by atoms with Crippen LogP contribution in [-0.2, 0) is 11.3 Å². The molecular weight excluding hydrogens is 421 g/mol. The number of aromatic nitrogens is 2. The molecule has 170 valence electrons. The number of amides is 1. The number of aliphatic hydroxyl groups excluding tert-OH is 1. The van der Waals surface area contributed by atoms with Crippen molar-refractivity contribution in [3.05, 3.63) is 35.6 Å². The fourth-order valence-corrected chi connectivity index (χ4v) is 3.77. The lowest BCUT2D eigenvalue weighted by Gasteiger charge is -2.41. The fourth-order valence-electron chi connectivity index (χ4n) is 3.77. The van der Waals surface area contributed by atoms with Crippen LogP contribution in [0.25, 0.3) is 11.3 Å². The van der Waals surface area contributed by atoms with Gasteiger partial charge in [-0.3, -0.25) is 9.48 Å². The maximum absolute atomic E-state index is 13.2. The summed E-state index contributed by atoms with van der Waals surface area (Å²) < 4.78 is 62.4. The van der Waals surface area contributed by atoms with E-state index in [1.54, 1.807) is 16.8 Å². The molecule has 1 amide bonds. The number of carbonyl (C=O) groups is 1. The number of anilines is 1. The molecule has 2 N–H and O–H groups in total. The van der Waals surface area contributed by atoms with E-state index < -0.39 is 24.2 Å². The Morgan fingerprint density at radius 1 is 1.23 bits per heavy atom. The van der Waals surface area contributed by atoms with Crippen LogP contribution in [0.3, 0.4) is 0 Å². The summed E-state index contributed by atoms with van der Waals surface area (Å²) in [6.07, 6.45) is 3.18. The predicted octanol–water partition coefficient (Wildman–Crippen LogP) is 4.81. The van der Waals surface area contributed by atoms with E-state index in [9.17, 15) is 31.9 Å². The Kier molecular flexibility index (Phi) is 6.68. The second-order valence-electron chi connectivity index (χ2n) is 7.89. The molecule has 0 saturated heterocycles. The molecule has 1 aromatic heterocycles. The molecule has 1 aromatic carbocycles. The van der Waals surface area contributed by atoms with Crippen LogP contribution >= 0.6 is 0 Å². The largest absolute Gasteiger partial charge is 0.394 e. The summed E-state index contributed by atoms with van der Waals surface area (Å²) in [6.45, 7) is 1.39. The van der Waals surface area contributed by atoms with Crippen molar-refractivity contribution in [2.45, 2.75) is 56.9 Å². The number of hydrogen-bond donors (Lipinski definition) is 2. The molecule has 2 aliphatic carbocycles. The smallest absolute Gasteiger partial charge is 0.312 e. The first-order valence-corrected chi connectivity index (χ1v) is 10.1. The Hall–Kier alpha value is -2.49. The molecule has 1 atom stereocenters. The zero-order chi connectivity index (χ0) is 22.8. The van der Waals surface area contributed by atoms with Crippen LogP contribution < -0.4 is 5.32 Å². The van der Waals surface area contributed by atoms with Crippen molar-refractivity contribution in [3.63, 3.8) is 0 Å². The first kappa shape index (κ1) is 23.2. The molecule has 0 radical (unpaired) electrons. The minimum absolute atomic E-state index is 0.0550. The molecule has 1 heterocycles. The topological polar surface area (TPSA) is 67.2 Å². The second kappa shape index (κ2) is 8.94. The highest BCUT2D eigenvalue weighted by Gasteiger charge is 2.69. The van der Waals surface area contributed by atoms with Gasteiger partial charge >= 0.3 is 11.8 Å². The Morgan fingerprint density at radius 3 is 2.26 bits per heavy atom. The first-order valence-electron chi connectivity index (χ1n) is 10.1. The van der Waals surface area contributed by atoms with E-state index in [1.807, 2.05) is 0 Å². The third kappa shape index (κ3) is 4.44. The van der Waals surface area contributed by atoms with E-state index in [2.05, 4.69) is 10.4 Å². The molecule has 0 bridgehead atoms. The summed E-state index contributed by atoms with van der Waals surface area (Å²) in [5.41, 5.74) is 2.67. The number of hydrogen-bond acceptors (Lipinski definition) is 3. The maximum atomic E-state index is 13.2. The normalized spacial score (nSPS) is 21.3. The van der Waals surface area contributed by atoms with E-state index >= 15 is 0 Å². The van der Waals surface area contributed by atoms with E-state index in [0.717, 1.165) is 43.0 Å². The Balaban J connectivity index is 0.000000254. The van der Waals surface area contributed by atoms with Gasteiger partial charge in [-0.05, 0) is 43.0 Å². The van der Waals surface area contributed by atoms with Gasteiger partial charge in [-0.1, -0.05) is 13.3 Å². The lowest BCUT2D eigenvalue weighted by molar-refractivity contribution is -0.309. The van der Waals surface area contributed by atoms with Gasteiger partial charge in [0, 0.05) is 23.5 Å². The third-order valence-electron chi connectivity index (χ3n) is 5.80. The number of aliphatic hydroxyl groups is 1. The quantitative estimate of drug-likeness (QED) is 0.495. The Labute approximate surface area is 176 Å². The highest BCUT2D eigenvalue weighted by Crippen LogP contribution is 2.54. The summed E-state index contributed by atoms with van der Waals surface area (Å²) in [6, 6.07) is 6.21.